The normalized spacial score (nSPS) is 19.1. The fourth-order valence-electron chi connectivity index (χ4n) is 4.09. The van der Waals surface area contributed by atoms with Gasteiger partial charge in [0.1, 0.15) is 0 Å². The van der Waals surface area contributed by atoms with E-state index in [-0.39, 0.29) is 17.6 Å². The predicted octanol–water partition coefficient (Wildman–Crippen LogP) is 2.65. The summed E-state index contributed by atoms with van der Waals surface area (Å²) in [5.41, 5.74) is 5.84. The third-order valence-electron chi connectivity index (χ3n) is 5.58. The number of aryl methyl sites for hydroxylation is 2. The highest BCUT2D eigenvalue weighted by molar-refractivity contribution is 6.50. The molecule has 1 aromatic carbocycles. The summed E-state index contributed by atoms with van der Waals surface area (Å²) in [5.74, 6) is -0.230. The first-order valence-electron chi connectivity index (χ1n) is 10.7. The van der Waals surface area contributed by atoms with E-state index in [1.165, 1.54) is 5.01 Å². The van der Waals surface area contributed by atoms with E-state index < -0.39 is 12.6 Å². The molecule has 3 rings (SSSR count). The second-order valence-electron chi connectivity index (χ2n) is 9.33. The number of allylic oxidation sites excluding steroid dienone is 2. The first kappa shape index (κ1) is 23.1. The molecule has 1 saturated heterocycles. The number of benzene rings is 1. The van der Waals surface area contributed by atoms with Crippen molar-refractivity contribution in [1.82, 2.24) is 15.7 Å². The van der Waals surface area contributed by atoms with Crippen molar-refractivity contribution in [2.45, 2.75) is 59.3 Å². The van der Waals surface area contributed by atoms with Gasteiger partial charge in [-0.05, 0) is 65.7 Å². The Morgan fingerprint density at radius 2 is 1.84 bits per heavy atom. The molecule has 1 aliphatic carbocycles. The monoisotopic (exact) mass is 425 g/mol. The molecule has 1 unspecified atom stereocenters. The Labute approximate surface area is 184 Å². The van der Waals surface area contributed by atoms with E-state index in [9.17, 15) is 14.6 Å². The Morgan fingerprint density at radius 1 is 1.19 bits per heavy atom. The van der Waals surface area contributed by atoms with Gasteiger partial charge in [-0.1, -0.05) is 23.3 Å². The average molecular weight is 425 g/mol. The van der Waals surface area contributed by atoms with E-state index in [2.05, 4.69) is 10.7 Å². The first-order chi connectivity index (χ1) is 14.5. The van der Waals surface area contributed by atoms with Crippen molar-refractivity contribution in [2.24, 2.45) is 0 Å². The lowest BCUT2D eigenvalue weighted by Gasteiger charge is -2.36. The molecule has 1 atom stereocenters. The van der Waals surface area contributed by atoms with E-state index in [1.54, 1.807) is 6.08 Å². The van der Waals surface area contributed by atoms with Crippen molar-refractivity contribution >= 4 is 18.9 Å². The molecule has 0 radical (unpaired) electrons. The van der Waals surface area contributed by atoms with Gasteiger partial charge in [0.05, 0.1) is 17.9 Å². The molecule has 7 nitrogen and oxygen atoms in total. The molecular formula is C23H32BN3O4. The van der Waals surface area contributed by atoms with Crippen molar-refractivity contribution in [3.63, 3.8) is 0 Å². The minimum atomic E-state index is -0.717. The summed E-state index contributed by atoms with van der Waals surface area (Å²) in [5, 5.41) is 14.7. The quantitative estimate of drug-likeness (QED) is 0.501. The van der Waals surface area contributed by atoms with Crippen LogP contribution in [0.3, 0.4) is 0 Å². The minimum Gasteiger partial charge on any atom is -0.497 e. The molecule has 0 spiro atoms. The molecule has 0 bridgehead atoms. The highest BCUT2D eigenvalue weighted by Crippen LogP contribution is 2.36. The van der Waals surface area contributed by atoms with Crippen LogP contribution >= 0.6 is 0 Å². The van der Waals surface area contributed by atoms with Gasteiger partial charge < -0.3 is 15.0 Å². The number of nitrogens with one attached hydrogen (secondary N) is 2. The second kappa shape index (κ2) is 8.89. The van der Waals surface area contributed by atoms with Gasteiger partial charge in [-0.2, -0.15) is 0 Å². The molecule has 1 fully saturated rings. The van der Waals surface area contributed by atoms with Crippen LogP contribution in [0, 0.1) is 13.8 Å². The van der Waals surface area contributed by atoms with E-state index in [4.69, 9.17) is 4.74 Å². The zero-order chi connectivity index (χ0) is 22.9. The smallest absolute Gasteiger partial charge is 0.388 e. The second-order valence-corrected chi connectivity index (χ2v) is 9.33. The molecule has 0 saturated carbocycles. The van der Waals surface area contributed by atoms with Crippen LogP contribution in [-0.4, -0.2) is 47.6 Å². The van der Waals surface area contributed by atoms with E-state index in [0.717, 1.165) is 11.1 Å². The molecule has 3 N–H and O–H groups in total. The third kappa shape index (κ3) is 5.02. The van der Waals surface area contributed by atoms with Gasteiger partial charge in [-0.25, -0.2) is 5.01 Å². The number of hydrazine groups is 1. The molecule has 2 aliphatic rings. The van der Waals surface area contributed by atoms with Crippen LogP contribution in [0.25, 0.3) is 0 Å². The molecule has 1 heterocycles. The number of amides is 2. The third-order valence-corrected chi connectivity index (χ3v) is 5.58. The first-order valence-corrected chi connectivity index (χ1v) is 10.7. The maximum atomic E-state index is 13.3. The van der Waals surface area contributed by atoms with Crippen molar-refractivity contribution in [1.29, 1.82) is 0 Å². The Bertz CT molecular complexity index is 928. The van der Waals surface area contributed by atoms with Crippen LogP contribution in [0.4, 0.5) is 0 Å². The number of ether oxygens (including phenoxy) is 1. The summed E-state index contributed by atoms with van der Waals surface area (Å²) in [4.78, 5) is 26.6. The molecule has 8 heteroatoms. The summed E-state index contributed by atoms with van der Waals surface area (Å²) in [6.45, 7) is 12.3. The highest BCUT2D eigenvalue weighted by Gasteiger charge is 2.37. The zero-order valence-corrected chi connectivity index (χ0v) is 19.2. The van der Waals surface area contributed by atoms with Gasteiger partial charge in [-0.15, -0.1) is 0 Å². The molecule has 166 valence electrons. The number of hydrogen-bond acceptors (Lipinski definition) is 5. The Morgan fingerprint density at radius 3 is 2.45 bits per heavy atom. The number of hydrogen-bond donors (Lipinski definition) is 3. The number of fused-ring (bicyclic) bond motifs is 1. The molecule has 1 aromatic rings. The molecule has 2 amide bonds. The van der Waals surface area contributed by atoms with Gasteiger partial charge >= 0.3 is 7.05 Å². The fraction of sp³-hybridized carbons (Fsp3) is 0.478. The van der Waals surface area contributed by atoms with Gasteiger partial charge in [-0.3, -0.25) is 15.0 Å². The van der Waals surface area contributed by atoms with E-state index in [1.807, 2.05) is 59.7 Å². The van der Waals surface area contributed by atoms with Gasteiger partial charge in [0.15, 0.2) is 0 Å². The van der Waals surface area contributed by atoms with Crippen LogP contribution < -0.4 is 10.7 Å². The van der Waals surface area contributed by atoms with Crippen LogP contribution in [0.5, 0.6) is 0 Å². The largest absolute Gasteiger partial charge is 0.497 e. The number of nitrogens with zero attached hydrogens (tertiary/aromatic N) is 1. The van der Waals surface area contributed by atoms with Crippen molar-refractivity contribution < 1.29 is 19.3 Å². The van der Waals surface area contributed by atoms with Crippen molar-refractivity contribution in [3.8, 4) is 0 Å². The molecule has 0 aromatic heterocycles. The van der Waals surface area contributed by atoms with Crippen molar-refractivity contribution in [2.75, 3.05) is 13.2 Å². The van der Waals surface area contributed by atoms with Crippen LogP contribution in [0.15, 0.2) is 41.2 Å². The van der Waals surface area contributed by atoms with E-state index >= 15 is 0 Å². The summed E-state index contributed by atoms with van der Waals surface area (Å²) in [6, 6.07) is 5.66. The maximum absolute atomic E-state index is 13.3. The lowest BCUT2D eigenvalue weighted by atomic mass is 9.62. The maximum Gasteiger partial charge on any atom is 0.388 e. The summed E-state index contributed by atoms with van der Waals surface area (Å²) < 4.78 is 5.84. The van der Waals surface area contributed by atoms with Crippen LogP contribution in [0.2, 0.25) is 5.82 Å². The van der Waals surface area contributed by atoms with Gasteiger partial charge in [0, 0.05) is 23.5 Å². The van der Waals surface area contributed by atoms with Gasteiger partial charge in [0.25, 0.3) is 11.8 Å². The van der Waals surface area contributed by atoms with Crippen molar-refractivity contribution in [3.05, 3.63) is 57.9 Å². The molecule has 31 heavy (non-hydrogen) atoms. The molecular weight excluding hydrogens is 393 g/mol. The standard InChI is InChI=1S/C23H32BN3O4/c1-14-11-15(2)13-17(12-14)22(29)27(23(4,5)6)26-21(28)18-7-8-19-20(16(18)3)31-10-9-25-24(19)30/h7,11-13,19,25,30H,8-10H2,1-6H3,(H,26,28). The minimum absolute atomic E-state index is 0.227. The van der Waals surface area contributed by atoms with Gasteiger partial charge in [0.2, 0.25) is 0 Å². The lowest BCUT2D eigenvalue weighted by Crippen LogP contribution is -2.56. The number of carbonyl (C=O) groups excluding carboxylic acids is 2. The number of carbonyl (C=O) groups is 2. The highest BCUT2D eigenvalue weighted by atomic mass is 16.5. The topological polar surface area (TPSA) is 90.9 Å². The zero-order valence-electron chi connectivity index (χ0n) is 19.2. The summed E-state index contributed by atoms with van der Waals surface area (Å²) in [7, 11) is -0.717. The fourth-order valence-corrected chi connectivity index (χ4v) is 4.09. The molecule has 1 aliphatic heterocycles. The predicted molar refractivity (Wildman–Crippen MR) is 121 cm³/mol. The Balaban J connectivity index is 1.87. The van der Waals surface area contributed by atoms with Crippen LogP contribution in [0.1, 0.15) is 55.6 Å². The number of rotatable bonds is 2. The Kier molecular flexibility index (Phi) is 6.62. The van der Waals surface area contributed by atoms with Crippen LogP contribution in [-0.2, 0) is 9.53 Å². The Hall–Kier alpha value is -2.58. The summed E-state index contributed by atoms with van der Waals surface area (Å²) in [6.07, 6.45) is 2.28. The average Bonchev–Trinajstić information content (AvgIpc) is 2.86. The van der Waals surface area contributed by atoms with E-state index in [0.29, 0.717) is 42.0 Å². The SMILES string of the molecule is CC1=C2OCCNB(O)C2CC=C1C(=O)NN(C(=O)c1cc(C)cc(C)c1)C(C)(C)C. The lowest BCUT2D eigenvalue weighted by molar-refractivity contribution is -0.122. The summed E-state index contributed by atoms with van der Waals surface area (Å²) >= 11 is 0.